The number of nitrogens with two attached hydrogens (primary N) is 2. The van der Waals surface area contributed by atoms with E-state index in [4.69, 9.17) is 22.5 Å². The van der Waals surface area contributed by atoms with Gasteiger partial charge >= 0.3 is 52.5 Å². The molecule has 1 aromatic carbocycles. The van der Waals surface area contributed by atoms with Gasteiger partial charge in [-0.25, -0.2) is 0 Å². The molecule has 1 aliphatic carbocycles. The van der Waals surface area contributed by atoms with E-state index in [1.165, 1.54) is 16.4 Å². The molecule has 0 saturated heterocycles. The van der Waals surface area contributed by atoms with Crippen LogP contribution in [-0.4, -0.2) is 13.1 Å². The van der Waals surface area contributed by atoms with Gasteiger partial charge in [0.05, 0.1) is 0 Å². The van der Waals surface area contributed by atoms with Crippen molar-refractivity contribution >= 4 is 7.81 Å². The van der Waals surface area contributed by atoms with Crippen LogP contribution in [0.5, 0.6) is 0 Å². The summed E-state index contributed by atoms with van der Waals surface area (Å²) in [6.45, 7) is 1.19. The van der Waals surface area contributed by atoms with Crippen molar-refractivity contribution in [3.63, 3.8) is 0 Å². The van der Waals surface area contributed by atoms with E-state index in [9.17, 15) is 25.2 Å². The summed E-state index contributed by atoms with van der Waals surface area (Å²) in [7, 11) is -10.7. The predicted octanol–water partition coefficient (Wildman–Crippen LogP) is 5.79. The maximum Gasteiger partial charge on any atom is 2.00 e. The molecule has 0 heterocycles. The van der Waals surface area contributed by atoms with Gasteiger partial charge in [0.25, 0.3) is 0 Å². The molecular weight excluding hydrogens is 484 g/mol. The molecule has 1 fully saturated rings. The molecule has 4 N–H and O–H groups in total. The van der Waals surface area contributed by atoms with E-state index in [2.05, 4.69) is 49.9 Å². The van der Waals surface area contributed by atoms with E-state index in [0.29, 0.717) is 13.1 Å². The van der Waals surface area contributed by atoms with Crippen LogP contribution in [0.4, 0.5) is 25.2 Å². The molecule has 1 saturated carbocycles. The van der Waals surface area contributed by atoms with E-state index in [0.717, 1.165) is 0 Å². The van der Waals surface area contributed by atoms with Gasteiger partial charge in [-0.15, -0.1) is 0 Å². The third kappa shape index (κ3) is 33.1. The van der Waals surface area contributed by atoms with Crippen LogP contribution < -0.4 is 11.5 Å². The number of halogens is 6. The summed E-state index contributed by atoms with van der Waals surface area (Å²) in [6.07, 6.45) is 10.4. The quantitative estimate of drug-likeness (QED) is 0.133. The summed E-state index contributed by atoms with van der Waals surface area (Å²) in [5.74, 6) is 1.28. The number of rotatable bonds is 2. The van der Waals surface area contributed by atoms with Crippen LogP contribution in [0.3, 0.4) is 0 Å². The van der Waals surface area contributed by atoms with Gasteiger partial charge in [0.2, 0.25) is 0 Å². The van der Waals surface area contributed by atoms with Gasteiger partial charge in [-0.3, -0.25) is 4.91 Å². The van der Waals surface area contributed by atoms with Gasteiger partial charge < -0.3 is 22.5 Å². The molecule has 154 valence electrons. The number of benzene rings is 1. The minimum Gasteiger partial charge on any atom is -0.373 e. The van der Waals surface area contributed by atoms with Crippen LogP contribution in [0, 0.1) is 38.0 Å². The van der Waals surface area contributed by atoms with Crippen LogP contribution in [0.25, 0.3) is 16.0 Å². The van der Waals surface area contributed by atoms with E-state index < -0.39 is 7.81 Å². The smallest absolute Gasteiger partial charge is 0.373 e. The predicted molar refractivity (Wildman–Crippen MR) is 92.0 cm³/mol. The molecule has 27 heavy (non-hydrogen) atoms. The minimum atomic E-state index is -10.7. The summed E-state index contributed by atoms with van der Waals surface area (Å²) >= 11 is 0. The standard InChI is InChI=1S/C12H10.C2H8N2.F6P.N3.Ru/c1-3-7-11(8-4-1)12-9-5-2-6-10-12;3-1-2-4;1-7(2,3,4,5)6;1-3-2;/h1-10H;1-4H2;;;/q;;2*-1;+2. The fraction of sp³-hybridized carbons (Fsp3) is 0.143. The average molecular weight is 502 g/mol. The molecule has 6 radical (unpaired) electrons. The Kier molecular flexibility index (Phi) is 15.2. The van der Waals surface area contributed by atoms with Gasteiger partial charge in [-0.2, -0.15) is 0 Å². The van der Waals surface area contributed by atoms with Gasteiger partial charge in [0.15, 0.2) is 0 Å². The zero-order valence-electron chi connectivity index (χ0n) is 13.8. The summed E-state index contributed by atoms with van der Waals surface area (Å²) in [6, 6.07) is 10.4. The summed E-state index contributed by atoms with van der Waals surface area (Å²) in [5.41, 5.74) is 24.6. The van der Waals surface area contributed by atoms with E-state index in [-0.39, 0.29) is 19.5 Å². The van der Waals surface area contributed by atoms with Gasteiger partial charge in [0.1, 0.15) is 0 Å². The van der Waals surface area contributed by atoms with Crippen molar-refractivity contribution in [1.29, 1.82) is 0 Å². The SMILES string of the molecule is F[P-](F)(F)(F)(F)F.NCCN.[CH]1[CH][CH][C](c2ccccc2)[CH][CH]1.[N-]=[N+]=[N-].[Ru+2]. The first-order valence-corrected chi connectivity index (χ1v) is 8.83. The number of hydrogen-bond donors (Lipinski definition) is 2. The first-order chi connectivity index (χ1) is 11.7. The molecule has 0 aromatic heterocycles. The number of hydrogen-bond acceptors (Lipinski definition) is 2. The van der Waals surface area contributed by atoms with Crippen LogP contribution in [0.15, 0.2) is 30.3 Å². The van der Waals surface area contributed by atoms with Crippen molar-refractivity contribution in [1.82, 2.24) is 0 Å². The van der Waals surface area contributed by atoms with Crippen molar-refractivity contribution in [2.45, 2.75) is 0 Å². The zero-order valence-corrected chi connectivity index (χ0v) is 16.4. The molecule has 0 amide bonds. The second kappa shape index (κ2) is 13.3. The van der Waals surface area contributed by atoms with E-state index in [1.807, 2.05) is 12.5 Å². The molecule has 0 bridgehead atoms. The minimum absolute atomic E-state index is 0. The van der Waals surface area contributed by atoms with Crippen LogP contribution >= 0.6 is 7.81 Å². The maximum atomic E-state index is 9.87. The average Bonchev–Trinajstić information content (AvgIpc) is 2.55. The molecule has 1 aromatic rings. The fourth-order valence-electron chi connectivity index (χ4n) is 1.26. The van der Waals surface area contributed by atoms with Crippen molar-refractivity contribution in [3.8, 4) is 0 Å². The molecule has 0 atom stereocenters. The Balaban J connectivity index is -0.000000331. The zero-order chi connectivity index (χ0) is 20.8. The molecule has 13 heteroatoms. The molecular formula is C14H18F6N5PRu. The molecule has 0 unspecified atom stereocenters. The molecule has 1 aliphatic rings. The van der Waals surface area contributed by atoms with Gasteiger partial charge in [-0.05, 0) is 37.7 Å². The van der Waals surface area contributed by atoms with Crippen molar-refractivity contribution in [3.05, 3.63) is 89.9 Å². The molecule has 0 spiro atoms. The second-order valence-corrected chi connectivity index (χ2v) is 6.27. The Morgan fingerprint density at radius 1 is 0.778 bits per heavy atom. The Morgan fingerprint density at radius 2 is 1.11 bits per heavy atom. The van der Waals surface area contributed by atoms with Gasteiger partial charge in [-0.1, -0.05) is 30.3 Å². The molecule has 0 aliphatic heterocycles. The van der Waals surface area contributed by atoms with Crippen molar-refractivity contribution < 1.29 is 44.7 Å². The molecule has 5 nitrogen and oxygen atoms in total. The Hall–Kier alpha value is -0.917. The number of nitrogens with zero attached hydrogens (tertiary/aromatic N) is 3. The van der Waals surface area contributed by atoms with E-state index in [1.54, 1.807) is 0 Å². The third-order valence-corrected chi connectivity index (χ3v) is 2.05. The first kappa shape index (κ1) is 30.8. The third-order valence-electron chi connectivity index (χ3n) is 2.05. The summed E-state index contributed by atoms with van der Waals surface area (Å²) in [5, 5.41) is 0. The van der Waals surface area contributed by atoms with Crippen molar-refractivity contribution in [2.24, 2.45) is 11.5 Å². The summed E-state index contributed by atoms with van der Waals surface area (Å²) < 4.78 is 59.2. The topological polar surface area (TPSA) is 111 Å². The summed E-state index contributed by atoms with van der Waals surface area (Å²) in [4.78, 5) is 1.50. The normalized spacial score (nSPS) is 16.0. The second-order valence-electron chi connectivity index (χ2n) is 4.36. The van der Waals surface area contributed by atoms with Crippen molar-refractivity contribution in [2.75, 3.05) is 13.1 Å². The van der Waals surface area contributed by atoms with E-state index >= 15 is 0 Å². The Bertz CT molecular complexity index is 504. The van der Waals surface area contributed by atoms with Crippen LogP contribution in [0.1, 0.15) is 5.56 Å². The van der Waals surface area contributed by atoms with Crippen LogP contribution in [-0.2, 0) is 19.5 Å². The Morgan fingerprint density at radius 3 is 1.41 bits per heavy atom. The fourth-order valence-corrected chi connectivity index (χ4v) is 1.26. The maximum absolute atomic E-state index is 10.7. The largest absolute Gasteiger partial charge is 2.00 e. The van der Waals surface area contributed by atoms with Crippen LogP contribution in [0.2, 0.25) is 0 Å². The first-order valence-electron chi connectivity index (χ1n) is 6.80. The Labute approximate surface area is 167 Å². The monoisotopic (exact) mass is 503 g/mol. The van der Waals surface area contributed by atoms with Gasteiger partial charge in [0, 0.05) is 19.0 Å². The molecule has 2 rings (SSSR count).